The van der Waals surface area contributed by atoms with Crippen LogP contribution < -0.4 is 10.6 Å². The van der Waals surface area contributed by atoms with Crippen LogP contribution in [-0.4, -0.2) is 5.11 Å². The summed E-state index contributed by atoms with van der Waals surface area (Å²) in [6.45, 7) is 0. The third kappa shape index (κ3) is 3.21. The van der Waals surface area contributed by atoms with Gasteiger partial charge >= 0.3 is 0 Å². The lowest BCUT2D eigenvalue weighted by molar-refractivity contribution is 0.895. The van der Waals surface area contributed by atoms with Crippen molar-refractivity contribution in [2.45, 2.75) is 12.8 Å². The highest BCUT2D eigenvalue weighted by Gasteiger charge is 2.02. The number of hydrogen-bond donors (Lipinski definition) is 2. The largest absolute Gasteiger partial charge is 0.336 e. The summed E-state index contributed by atoms with van der Waals surface area (Å²) in [5.74, 6) is 0. The van der Waals surface area contributed by atoms with E-state index in [2.05, 4.69) is 28.9 Å². The van der Waals surface area contributed by atoms with Gasteiger partial charge in [-0.3, -0.25) is 0 Å². The molecule has 0 saturated heterocycles. The van der Waals surface area contributed by atoms with Crippen LogP contribution in [0.15, 0.2) is 54.3 Å². The average Bonchev–Trinajstić information content (AvgIpc) is 2.31. The molecule has 0 aromatic heterocycles. The number of hydrogen-bond acceptors (Lipinski definition) is 1. The first kappa shape index (κ1) is 10.9. The molecular formula is C13H14N2S. The van der Waals surface area contributed by atoms with Gasteiger partial charge in [0.2, 0.25) is 0 Å². The highest BCUT2D eigenvalue weighted by atomic mass is 32.1. The highest BCUT2D eigenvalue weighted by molar-refractivity contribution is 7.80. The Labute approximate surface area is 101 Å². The molecule has 0 aliphatic heterocycles. The summed E-state index contributed by atoms with van der Waals surface area (Å²) < 4.78 is 0. The number of anilines is 1. The van der Waals surface area contributed by atoms with Crippen molar-refractivity contribution >= 4 is 23.0 Å². The normalized spacial score (nSPS) is 14.1. The van der Waals surface area contributed by atoms with Crippen molar-refractivity contribution < 1.29 is 0 Å². The molecule has 0 bridgehead atoms. The number of benzene rings is 1. The van der Waals surface area contributed by atoms with Crippen molar-refractivity contribution in [2.24, 2.45) is 0 Å². The van der Waals surface area contributed by atoms with E-state index in [9.17, 15) is 0 Å². The van der Waals surface area contributed by atoms with E-state index in [-0.39, 0.29) is 0 Å². The zero-order valence-corrected chi connectivity index (χ0v) is 9.76. The maximum atomic E-state index is 5.23. The van der Waals surface area contributed by atoms with E-state index in [0.29, 0.717) is 5.11 Å². The van der Waals surface area contributed by atoms with Gasteiger partial charge in [-0.05, 0) is 43.3 Å². The number of rotatable bonds is 2. The molecule has 16 heavy (non-hydrogen) atoms. The highest BCUT2D eigenvalue weighted by Crippen LogP contribution is 2.09. The Morgan fingerprint density at radius 3 is 2.62 bits per heavy atom. The minimum atomic E-state index is 0.646. The molecule has 1 aliphatic carbocycles. The first-order chi connectivity index (χ1) is 7.84. The smallest absolute Gasteiger partial charge is 0.175 e. The van der Waals surface area contributed by atoms with Gasteiger partial charge in [0, 0.05) is 11.4 Å². The van der Waals surface area contributed by atoms with Crippen molar-refractivity contribution in [2.75, 3.05) is 5.32 Å². The Balaban J connectivity index is 1.89. The molecule has 1 aromatic carbocycles. The number of para-hydroxylation sites is 1. The molecule has 2 nitrogen and oxygen atoms in total. The molecule has 0 saturated carbocycles. The predicted octanol–water partition coefficient (Wildman–Crippen LogP) is 3.21. The molecule has 0 radical (unpaired) electrons. The maximum Gasteiger partial charge on any atom is 0.175 e. The fourth-order valence-electron chi connectivity index (χ4n) is 1.54. The van der Waals surface area contributed by atoms with E-state index in [1.165, 1.54) is 0 Å². The summed E-state index contributed by atoms with van der Waals surface area (Å²) in [5.41, 5.74) is 2.17. The van der Waals surface area contributed by atoms with Crippen LogP contribution in [0.2, 0.25) is 0 Å². The van der Waals surface area contributed by atoms with E-state index in [4.69, 9.17) is 12.2 Å². The Bertz CT molecular complexity index is 421. The van der Waals surface area contributed by atoms with Crippen molar-refractivity contribution in [1.29, 1.82) is 0 Å². The molecule has 0 atom stereocenters. The molecule has 0 amide bonds. The van der Waals surface area contributed by atoms with Crippen molar-refractivity contribution in [3.63, 3.8) is 0 Å². The molecule has 0 spiro atoms. The fourth-order valence-corrected chi connectivity index (χ4v) is 1.79. The molecule has 2 rings (SSSR count). The lowest BCUT2D eigenvalue weighted by atomic mass is 10.1. The Hall–Kier alpha value is -1.61. The van der Waals surface area contributed by atoms with Crippen molar-refractivity contribution in [3.8, 4) is 0 Å². The third-order valence-electron chi connectivity index (χ3n) is 2.32. The van der Waals surface area contributed by atoms with Gasteiger partial charge < -0.3 is 10.6 Å². The van der Waals surface area contributed by atoms with Gasteiger partial charge in [-0.2, -0.15) is 0 Å². The summed E-state index contributed by atoms with van der Waals surface area (Å²) >= 11 is 5.23. The molecular weight excluding hydrogens is 216 g/mol. The van der Waals surface area contributed by atoms with Crippen LogP contribution in [0, 0.1) is 0 Å². The molecule has 1 aliphatic rings. The number of thiocarbonyl (C=S) groups is 1. The summed E-state index contributed by atoms with van der Waals surface area (Å²) in [6, 6.07) is 9.92. The average molecular weight is 230 g/mol. The third-order valence-corrected chi connectivity index (χ3v) is 2.52. The van der Waals surface area contributed by atoms with Gasteiger partial charge in [0.15, 0.2) is 5.11 Å². The second-order valence-corrected chi connectivity index (χ2v) is 4.01. The molecule has 82 valence electrons. The van der Waals surface area contributed by atoms with Crippen LogP contribution >= 0.6 is 12.2 Å². The Morgan fingerprint density at radius 2 is 1.94 bits per heavy atom. The van der Waals surface area contributed by atoms with Crippen molar-refractivity contribution in [3.05, 3.63) is 54.3 Å². The summed E-state index contributed by atoms with van der Waals surface area (Å²) in [6.07, 6.45) is 8.36. The Kier molecular flexibility index (Phi) is 3.72. The minimum absolute atomic E-state index is 0.646. The van der Waals surface area contributed by atoms with Crippen molar-refractivity contribution in [1.82, 2.24) is 5.32 Å². The standard InChI is InChI=1S/C13H14N2S/c16-13(14-11-7-3-1-4-8-11)15-12-9-5-2-6-10-12/h1-5,7-9H,6,10H2,(H2,14,15,16). The first-order valence-electron chi connectivity index (χ1n) is 5.33. The Morgan fingerprint density at radius 1 is 1.12 bits per heavy atom. The van der Waals surface area contributed by atoms with Crippen LogP contribution in [0.5, 0.6) is 0 Å². The minimum Gasteiger partial charge on any atom is -0.336 e. The molecule has 1 aromatic rings. The number of nitrogens with one attached hydrogen (secondary N) is 2. The van der Waals surface area contributed by atoms with Crippen LogP contribution in [-0.2, 0) is 0 Å². The maximum absolute atomic E-state index is 5.23. The zero-order chi connectivity index (χ0) is 11.2. The second-order valence-electron chi connectivity index (χ2n) is 3.60. The van der Waals surface area contributed by atoms with Crippen LogP contribution in [0.4, 0.5) is 5.69 Å². The van der Waals surface area contributed by atoms with Gasteiger partial charge in [0.25, 0.3) is 0 Å². The fraction of sp³-hybridized carbons (Fsp3) is 0.154. The molecule has 3 heteroatoms. The summed E-state index contributed by atoms with van der Waals surface area (Å²) in [5, 5.41) is 6.99. The summed E-state index contributed by atoms with van der Waals surface area (Å²) in [7, 11) is 0. The summed E-state index contributed by atoms with van der Waals surface area (Å²) in [4.78, 5) is 0. The topological polar surface area (TPSA) is 24.1 Å². The molecule has 0 heterocycles. The van der Waals surface area contributed by atoms with E-state index < -0.39 is 0 Å². The zero-order valence-electron chi connectivity index (χ0n) is 8.94. The molecule has 0 unspecified atom stereocenters. The molecule has 2 N–H and O–H groups in total. The molecule has 0 fully saturated rings. The van der Waals surface area contributed by atoms with E-state index >= 15 is 0 Å². The van der Waals surface area contributed by atoms with Gasteiger partial charge in [-0.25, -0.2) is 0 Å². The lowest BCUT2D eigenvalue weighted by Crippen LogP contribution is -2.28. The first-order valence-corrected chi connectivity index (χ1v) is 5.74. The van der Waals surface area contributed by atoms with Crippen LogP contribution in [0.1, 0.15) is 12.8 Å². The monoisotopic (exact) mass is 230 g/mol. The van der Waals surface area contributed by atoms with Gasteiger partial charge in [0.05, 0.1) is 0 Å². The van der Waals surface area contributed by atoms with Gasteiger partial charge in [0.1, 0.15) is 0 Å². The SMILES string of the molecule is S=C(NC1=CC=CCC1)Nc1ccccc1. The lowest BCUT2D eigenvalue weighted by Gasteiger charge is -2.14. The van der Waals surface area contributed by atoms with E-state index in [1.807, 2.05) is 30.3 Å². The van der Waals surface area contributed by atoms with Crippen LogP contribution in [0.25, 0.3) is 0 Å². The van der Waals surface area contributed by atoms with E-state index in [1.54, 1.807) is 0 Å². The predicted molar refractivity (Wildman–Crippen MR) is 72.3 cm³/mol. The second kappa shape index (κ2) is 5.47. The van der Waals surface area contributed by atoms with E-state index in [0.717, 1.165) is 24.2 Å². The number of allylic oxidation sites excluding steroid dienone is 4. The van der Waals surface area contributed by atoms with Gasteiger partial charge in [-0.1, -0.05) is 30.4 Å². The quantitative estimate of drug-likeness (QED) is 0.763. The van der Waals surface area contributed by atoms with Gasteiger partial charge in [-0.15, -0.1) is 0 Å². The van der Waals surface area contributed by atoms with Crippen LogP contribution in [0.3, 0.4) is 0 Å².